The summed E-state index contributed by atoms with van der Waals surface area (Å²) in [4.78, 5) is 40.2. The Balaban J connectivity index is 1.79. The fourth-order valence-corrected chi connectivity index (χ4v) is 4.96. The smallest absolute Gasteiger partial charge is 0.271 e. The molecule has 0 bridgehead atoms. The van der Waals surface area contributed by atoms with Gasteiger partial charge in [-0.25, -0.2) is 0 Å². The highest BCUT2D eigenvalue weighted by Crippen LogP contribution is 2.46. The number of carbonyl (C=O) groups is 3. The number of likely N-dealkylation sites (tertiary alicyclic amines) is 1. The van der Waals surface area contributed by atoms with Crippen LogP contribution in [0.15, 0.2) is 17.3 Å². The lowest BCUT2D eigenvalue weighted by Gasteiger charge is -2.44. The average Bonchev–Trinajstić information content (AvgIpc) is 2.69. The Morgan fingerprint density at radius 3 is 2.13 bits per heavy atom. The summed E-state index contributed by atoms with van der Waals surface area (Å²) in [6, 6.07) is 3.89. The molecule has 0 aromatic heterocycles. The summed E-state index contributed by atoms with van der Waals surface area (Å²) >= 11 is 0. The van der Waals surface area contributed by atoms with Crippen LogP contribution in [0.25, 0.3) is 0 Å². The third-order valence-electron chi connectivity index (χ3n) is 6.46. The van der Waals surface area contributed by atoms with Crippen LogP contribution in [0, 0.1) is 31.1 Å². The highest BCUT2D eigenvalue weighted by atomic mass is 16.4. The van der Waals surface area contributed by atoms with Crippen molar-refractivity contribution in [3.8, 4) is 11.8 Å². The number of rotatable bonds is 2. The lowest BCUT2D eigenvalue weighted by molar-refractivity contribution is -0.139. The molecule has 2 fully saturated rings. The van der Waals surface area contributed by atoms with Gasteiger partial charge in [-0.15, -0.1) is 5.92 Å². The van der Waals surface area contributed by atoms with Crippen molar-refractivity contribution in [3.05, 3.63) is 34.4 Å². The van der Waals surface area contributed by atoms with Gasteiger partial charge in [0.25, 0.3) is 5.91 Å². The van der Waals surface area contributed by atoms with E-state index >= 15 is 0 Å². The maximum atomic E-state index is 13.2. The van der Waals surface area contributed by atoms with Gasteiger partial charge < -0.3 is 10.1 Å². The molecule has 1 aliphatic heterocycles. The Labute approximate surface area is 177 Å². The number of benzene rings is 1. The van der Waals surface area contributed by atoms with Crippen LogP contribution in [0.5, 0.6) is 0 Å². The van der Waals surface area contributed by atoms with E-state index in [1.54, 1.807) is 11.8 Å². The molecular weight excluding hydrogens is 380 g/mol. The van der Waals surface area contributed by atoms with Gasteiger partial charge in [-0.1, -0.05) is 11.1 Å². The molecule has 3 rings (SSSR count). The molecule has 30 heavy (non-hydrogen) atoms. The van der Waals surface area contributed by atoms with Gasteiger partial charge in [-0.2, -0.15) is 0 Å². The van der Waals surface area contributed by atoms with E-state index in [0.717, 1.165) is 22.3 Å². The Morgan fingerprint density at radius 2 is 1.67 bits per heavy atom. The fraction of sp³-hybridized carbons (Fsp3) is 0.500. The summed E-state index contributed by atoms with van der Waals surface area (Å²) in [6.45, 7) is 8.03. The summed E-state index contributed by atoms with van der Waals surface area (Å²) in [7, 11) is 0. The van der Waals surface area contributed by atoms with Crippen LogP contribution in [0.3, 0.4) is 0 Å². The van der Waals surface area contributed by atoms with Crippen molar-refractivity contribution in [3.63, 3.8) is 0 Å². The first-order valence-electron chi connectivity index (χ1n) is 10.3. The van der Waals surface area contributed by atoms with E-state index in [9.17, 15) is 14.4 Å². The van der Waals surface area contributed by atoms with Crippen LogP contribution >= 0.6 is 0 Å². The quantitative estimate of drug-likeness (QED) is 0.268. The molecule has 2 aliphatic rings. The number of Topliss-reactive ketones (excluding diaryl/α,β-unsaturated/α-hetero) is 2. The zero-order chi connectivity index (χ0) is 22.1. The van der Waals surface area contributed by atoms with Crippen molar-refractivity contribution < 1.29 is 19.6 Å². The SMILES string of the molecule is CC#Cc1cc(C)c(C2C(=O)CC3(CCN(C(=O)/C(C)=N/O)CC3)CC2=O)c(C)c1. The third kappa shape index (κ3) is 4.02. The molecule has 1 aromatic rings. The van der Waals surface area contributed by atoms with Gasteiger partial charge in [0.2, 0.25) is 0 Å². The highest BCUT2D eigenvalue weighted by Gasteiger charge is 2.47. The molecule has 1 aliphatic carbocycles. The number of hydrogen-bond donors (Lipinski definition) is 1. The molecule has 0 unspecified atom stereocenters. The standard InChI is InChI=1S/C24H28N2O4/c1-5-6-18-11-15(2)21(16(3)12-18)22-19(27)13-24(14-20(22)28)7-9-26(10-8-24)23(29)17(4)25-30/h11-12,22,30H,7-10,13-14H2,1-4H3/b25-17+. The highest BCUT2D eigenvalue weighted by molar-refractivity contribution is 6.37. The zero-order valence-corrected chi connectivity index (χ0v) is 18.0. The van der Waals surface area contributed by atoms with Crippen LogP contribution in [0.2, 0.25) is 0 Å². The average molecular weight is 408 g/mol. The first kappa shape index (κ1) is 21.8. The molecule has 6 nitrogen and oxygen atoms in total. The number of piperidine rings is 1. The van der Waals surface area contributed by atoms with Crippen LogP contribution in [-0.4, -0.2) is 46.4 Å². The molecular formula is C24H28N2O4. The van der Waals surface area contributed by atoms with Crippen LogP contribution in [0.4, 0.5) is 0 Å². The van der Waals surface area contributed by atoms with Crippen molar-refractivity contribution in [1.29, 1.82) is 0 Å². The molecule has 1 saturated heterocycles. The molecule has 1 N–H and O–H groups in total. The molecule has 6 heteroatoms. The van der Waals surface area contributed by atoms with E-state index < -0.39 is 5.92 Å². The van der Waals surface area contributed by atoms with Gasteiger partial charge in [-0.05, 0) is 74.8 Å². The summed E-state index contributed by atoms with van der Waals surface area (Å²) in [5.74, 6) is 4.85. The Kier molecular flexibility index (Phi) is 6.12. The Bertz CT molecular complexity index is 945. The van der Waals surface area contributed by atoms with Crippen molar-refractivity contribution >= 4 is 23.2 Å². The van der Waals surface area contributed by atoms with Crippen molar-refractivity contribution in [2.75, 3.05) is 13.1 Å². The fourth-order valence-electron chi connectivity index (χ4n) is 4.96. The first-order chi connectivity index (χ1) is 14.2. The summed E-state index contributed by atoms with van der Waals surface area (Å²) < 4.78 is 0. The summed E-state index contributed by atoms with van der Waals surface area (Å²) in [5.41, 5.74) is 3.24. The van der Waals surface area contributed by atoms with Crippen molar-refractivity contribution in [2.45, 2.75) is 59.3 Å². The minimum absolute atomic E-state index is 0.0281. The van der Waals surface area contributed by atoms with E-state index in [4.69, 9.17) is 5.21 Å². The van der Waals surface area contributed by atoms with E-state index in [-0.39, 0.29) is 28.6 Å². The maximum Gasteiger partial charge on any atom is 0.271 e. The summed E-state index contributed by atoms with van der Waals surface area (Å²) in [5, 5.41) is 11.8. The van der Waals surface area contributed by atoms with Crippen LogP contribution in [0.1, 0.15) is 67.7 Å². The second-order valence-electron chi connectivity index (χ2n) is 8.60. The molecule has 0 atom stereocenters. The number of aryl methyl sites for hydroxylation is 2. The van der Waals surface area contributed by atoms with Crippen molar-refractivity contribution in [1.82, 2.24) is 4.90 Å². The molecule has 1 spiro atoms. The topological polar surface area (TPSA) is 87.0 Å². The number of carbonyl (C=O) groups excluding carboxylic acids is 3. The molecule has 1 heterocycles. The van der Waals surface area contributed by atoms with Crippen LogP contribution in [-0.2, 0) is 14.4 Å². The molecule has 1 aromatic carbocycles. The number of amides is 1. The minimum atomic E-state index is -0.706. The van der Waals surface area contributed by atoms with Crippen molar-refractivity contribution in [2.24, 2.45) is 10.6 Å². The van der Waals surface area contributed by atoms with Crippen LogP contribution < -0.4 is 0 Å². The first-order valence-corrected chi connectivity index (χ1v) is 10.3. The largest absolute Gasteiger partial charge is 0.410 e. The third-order valence-corrected chi connectivity index (χ3v) is 6.46. The predicted octanol–water partition coefficient (Wildman–Crippen LogP) is 3.15. The molecule has 1 amide bonds. The normalized spacial score (nSPS) is 19.6. The van der Waals surface area contributed by atoms with Gasteiger partial charge >= 0.3 is 0 Å². The van der Waals surface area contributed by atoms with Gasteiger partial charge in [0.15, 0.2) is 0 Å². The maximum absolute atomic E-state index is 13.2. The van der Waals surface area contributed by atoms with Gasteiger partial charge in [0.1, 0.15) is 23.2 Å². The van der Waals surface area contributed by atoms with E-state index in [1.807, 2.05) is 26.0 Å². The zero-order valence-electron chi connectivity index (χ0n) is 18.0. The second kappa shape index (κ2) is 8.43. The second-order valence-corrected chi connectivity index (χ2v) is 8.60. The Hall–Kier alpha value is -2.94. The number of hydrogen-bond acceptors (Lipinski definition) is 5. The number of oxime groups is 1. The van der Waals surface area contributed by atoms with Gasteiger partial charge in [-0.3, -0.25) is 14.4 Å². The molecule has 0 radical (unpaired) electrons. The van der Waals surface area contributed by atoms with Gasteiger partial charge in [0, 0.05) is 31.5 Å². The lowest BCUT2D eigenvalue weighted by Crippen LogP contribution is -2.49. The Morgan fingerprint density at radius 1 is 1.13 bits per heavy atom. The molecule has 1 saturated carbocycles. The molecule has 158 valence electrons. The predicted molar refractivity (Wildman–Crippen MR) is 114 cm³/mol. The number of nitrogens with zero attached hydrogens (tertiary/aromatic N) is 2. The summed E-state index contributed by atoms with van der Waals surface area (Å²) in [6.07, 6.45) is 1.91. The van der Waals surface area contributed by atoms with E-state index in [2.05, 4.69) is 17.0 Å². The number of ketones is 2. The monoisotopic (exact) mass is 408 g/mol. The lowest BCUT2D eigenvalue weighted by atomic mass is 9.62. The van der Waals surface area contributed by atoms with Gasteiger partial charge in [0.05, 0.1) is 0 Å². The van der Waals surface area contributed by atoms with E-state index in [0.29, 0.717) is 38.8 Å². The van der Waals surface area contributed by atoms with E-state index in [1.165, 1.54) is 6.92 Å². The minimum Gasteiger partial charge on any atom is -0.410 e.